The average molecular weight is 440 g/mol. The quantitative estimate of drug-likeness (QED) is 0.284. The van der Waals surface area contributed by atoms with Crippen LogP contribution in [0, 0.1) is 0 Å². The molecule has 0 aliphatic heterocycles. The first-order valence-electron chi connectivity index (χ1n) is 7.50. The molecule has 0 heterocycles. The van der Waals surface area contributed by atoms with Gasteiger partial charge in [0.2, 0.25) is 0 Å². The largest absolute Gasteiger partial charge is 0.489 e. The predicted molar refractivity (Wildman–Crippen MR) is 103 cm³/mol. The van der Waals surface area contributed by atoms with Crippen molar-refractivity contribution in [3.63, 3.8) is 0 Å². The number of halogens is 1. The average Bonchev–Trinajstić information content (AvgIpc) is 2.64. The van der Waals surface area contributed by atoms with Gasteiger partial charge in [-0.2, -0.15) is 0 Å². The van der Waals surface area contributed by atoms with Crippen molar-refractivity contribution in [3.8, 4) is 5.75 Å². The number of ether oxygens (including phenoxy) is 1. The van der Waals surface area contributed by atoms with E-state index in [2.05, 4.69) is 22.5 Å². The first kappa shape index (κ1) is 20.0. The van der Waals surface area contributed by atoms with Crippen molar-refractivity contribution in [2.75, 3.05) is 17.5 Å². The highest BCUT2D eigenvalue weighted by Crippen LogP contribution is 2.27. The lowest BCUT2D eigenvalue weighted by Crippen LogP contribution is -2.43. The minimum absolute atomic E-state index is 0.0444. The summed E-state index contributed by atoms with van der Waals surface area (Å²) in [4.78, 5) is 11.8. The molecule has 0 bridgehead atoms. The van der Waals surface area contributed by atoms with Gasteiger partial charge >= 0.3 is 0 Å². The molecule has 2 rings (SSSR count). The number of hydrogen-bond donors (Lipinski definition) is 2. The van der Waals surface area contributed by atoms with Crippen LogP contribution in [0.4, 0.5) is 5.69 Å². The number of carbonyl (C=O) groups excluding carboxylic acids is 1. The zero-order chi connectivity index (χ0) is 19.2. The van der Waals surface area contributed by atoms with Crippen molar-refractivity contribution in [2.45, 2.75) is 4.90 Å². The van der Waals surface area contributed by atoms with Crippen LogP contribution in [-0.2, 0) is 14.8 Å². The van der Waals surface area contributed by atoms with Crippen LogP contribution in [-0.4, -0.2) is 27.5 Å². The summed E-state index contributed by atoms with van der Waals surface area (Å²) < 4.78 is 33.3. The molecule has 9 heteroatoms. The number of hydrazine groups is 1. The van der Waals surface area contributed by atoms with Crippen molar-refractivity contribution < 1.29 is 17.9 Å². The Morgan fingerprint density at radius 2 is 1.96 bits per heavy atom. The first-order chi connectivity index (χ1) is 12.4. The molecular weight excluding hydrogens is 422 g/mol. The van der Waals surface area contributed by atoms with Crippen LogP contribution in [0.1, 0.15) is 0 Å². The Kier molecular flexibility index (Phi) is 6.78. The van der Waals surface area contributed by atoms with E-state index in [0.717, 1.165) is 8.78 Å². The van der Waals surface area contributed by atoms with Crippen molar-refractivity contribution >= 4 is 37.5 Å². The van der Waals surface area contributed by atoms with E-state index in [-0.39, 0.29) is 17.2 Å². The maximum absolute atomic E-state index is 13.1. The zero-order valence-corrected chi connectivity index (χ0v) is 16.2. The van der Waals surface area contributed by atoms with Gasteiger partial charge in [-0.15, -0.1) is 0 Å². The molecule has 0 unspecified atom stereocenters. The first-order valence-corrected chi connectivity index (χ1v) is 9.73. The fourth-order valence-electron chi connectivity index (χ4n) is 2.11. The molecular formula is C17H18BrN3O4S. The molecule has 1 amide bonds. The maximum atomic E-state index is 13.1. The fraction of sp³-hybridized carbons (Fsp3) is 0.118. The van der Waals surface area contributed by atoms with Crippen molar-refractivity contribution in [1.29, 1.82) is 0 Å². The van der Waals surface area contributed by atoms with Crippen LogP contribution in [0.3, 0.4) is 0 Å². The number of anilines is 1. The van der Waals surface area contributed by atoms with E-state index in [1.807, 2.05) is 5.43 Å². The molecule has 0 fully saturated rings. The summed E-state index contributed by atoms with van der Waals surface area (Å²) in [6.07, 6.45) is 1.57. The third-order valence-electron chi connectivity index (χ3n) is 3.32. The monoisotopic (exact) mass is 439 g/mol. The predicted octanol–water partition coefficient (Wildman–Crippen LogP) is 2.20. The highest BCUT2D eigenvalue weighted by Gasteiger charge is 2.27. The van der Waals surface area contributed by atoms with E-state index in [9.17, 15) is 13.2 Å². The van der Waals surface area contributed by atoms with Crippen LogP contribution < -0.4 is 20.3 Å². The minimum Gasteiger partial charge on any atom is -0.489 e. The summed E-state index contributed by atoms with van der Waals surface area (Å²) >= 11 is 3.27. The second-order valence-electron chi connectivity index (χ2n) is 5.13. The Bertz CT molecular complexity index is 885. The molecule has 7 nitrogen and oxygen atoms in total. The van der Waals surface area contributed by atoms with Gasteiger partial charge < -0.3 is 4.74 Å². The highest BCUT2D eigenvalue weighted by molar-refractivity contribution is 9.10. The second kappa shape index (κ2) is 8.84. The third-order valence-corrected chi connectivity index (χ3v) is 5.64. The van der Waals surface area contributed by atoms with Gasteiger partial charge in [0.05, 0.1) is 10.6 Å². The topological polar surface area (TPSA) is 102 Å². The standard InChI is InChI=1S/C17H18BrN3O4S/c1-2-10-25-15-5-3-4-14(11-15)21(12-17(22)20-19)26(23,24)16-8-6-13(18)7-9-16/h2-9,11H,1,10,12,19H2,(H,20,22). The van der Waals surface area contributed by atoms with E-state index < -0.39 is 22.5 Å². The van der Waals surface area contributed by atoms with Gasteiger partial charge in [0.15, 0.2) is 0 Å². The third kappa shape index (κ3) is 4.84. The van der Waals surface area contributed by atoms with Gasteiger partial charge in [-0.1, -0.05) is 34.7 Å². The molecule has 0 atom stereocenters. The molecule has 0 radical (unpaired) electrons. The number of amides is 1. The lowest BCUT2D eigenvalue weighted by atomic mass is 10.3. The number of nitrogens with zero attached hydrogens (tertiary/aromatic N) is 1. The van der Waals surface area contributed by atoms with Gasteiger partial charge in [0.25, 0.3) is 15.9 Å². The van der Waals surface area contributed by atoms with Crippen LogP contribution in [0.5, 0.6) is 5.75 Å². The molecule has 0 aliphatic rings. The smallest absolute Gasteiger partial charge is 0.264 e. The molecule has 0 saturated carbocycles. The van der Waals surface area contributed by atoms with E-state index in [1.54, 1.807) is 36.4 Å². The molecule has 2 aromatic rings. The Morgan fingerprint density at radius 3 is 2.58 bits per heavy atom. The van der Waals surface area contributed by atoms with Crippen molar-refractivity contribution in [3.05, 3.63) is 65.7 Å². The van der Waals surface area contributed by atoms with Crippen LogP contribution in [0.25, 0.3) is 0 Å². The van der Waals surface area contributed by atoms with E-state index in [0.29, 0.717) is 5.75 Å². The molecule has 0 saturated heterocycles. The van der Waals surface area contributed by atoms with E-state index >= 15 is 0 Å². The summed E-state index contributed by atoms with van der Waals surface area (Å²) in [5.74, 6) is 4.93. The molecule has 26 heavy (non-hydrogen) atoms. The van der Waals surface area contributed by atoms with Crippen molar-refractivity contribution in [2.24, 2.45) is 5.84 Å². The van der Waals surface area contributed by atoms with Crippen LogP contribution in [0.2, 0.25) is 0 Å². The van der Waals surface area contributed by atoms with Gasteiger partial charge in [-0.3, -0.25) is 14.5 Å². The minimum atomic E-state index is -3.99. The number of rotatable bonds is 8. The number of hydrogen-bond acceptors (Lipinski definition) is 5. The summed E-state index contributed by atoms with van der Waals surface area (Å²) in [7, 11) is -3.99. The summed E-state index contributed by atoms with van der Waals surface area (Å²) in [5.41, 5.74) is 2.23. The maximum Gasteiger partial charge on any atom is 0.264 e. The Labute approximate surface area is 160 Å². The van der Waals surface area contributed by atoms with E-state index in [4.69, 9.17) is 10.6 Å². The summed E-state index contributed by atoms with van der Waals surface area (Å²) in [6.45, 7) is 3.37. The number of sulfonamides is 1. The SMILES string of the molecule is C=CCOc1cccc(N(CC(=O)NN)S(=O)(=O)c2ccc(Br)cc2)c1. The number of carbonyl (C=O) groups is 1. The Hall–Kier alpha value is -2.36. The molecule has 2 aromatic carbocycles. The summed E-state index contributed by atoms with van der Waals surface area (Å²) in [5, 5.41) is 0. The number of nitrogens with two attached hydrogens (primary N) is 1. The normalized spacial score (nSPS) is 10.8. The molecule has 138 valence electrons. The molecule has 3 N–H and O–H groups in total. The highest BCUT2D eigenvalue weighted by atomic mass is 79.9. The van der Waals surface area contributed by atoms with Gasteiger partial charge in [0.1, 0.15) is 18.9 Å². The summed E-state index contributed by atoms with van der Waals surface area (Å²) in [6, 6.07) is 12.5. The molecule has 0 aromatic heterocycles. The fourth-order valence-corrected chi connectivity index (χ4v) is 3.79. The molecule has 0 aliphatic carbocycles. The lowest BCUT2D eigenvalue weighted by Gasteiger charge is -2.24. The van der Waals surface area contributed by atoms with Gasteiger partial charge in [-0.25, -0.2) is 14.3 Å². The Balaban J connectivity index is 2.47. The lowest BCUT2D eigenvalue weighted by molar-refractivity contribution is -0.119. The van der Waals surface area contributed by atoms with Gasteiger partial charge in [-0.05, 0) is 36.4 Å². The molecule has 0 spiro atoms. The Morgan fingerprint density at radius 1 is 1.27 bits per heavy atom. The van der Waals surface area contributed by atoms with Crippen LogP contribution in [0.15, 0.2) is 70.6 Å². The van der Waals surface area contributed by atoms with Crippen molar-refractivity contribution in [1.82, 2.24) is 5.43 Å². The van der Waals surface area contributed by atoms with E-state index in [1.165, 1.54) is 18.2 Å². The second-order valence-corrected chi connectivity index (χ2v) is 7.91. The zero-order valence-electron chi connectivity index (χ0n) is 13.8. The number of benzene rings is 2. The van der Waals surface area contributed by atoms with Crippen LogP contribution >= 0.6 is 15.9 Å². The van der Waals surface area contributed by atoms with Gasteiger partial charge in [0, 0.05) is 10.5 Å². The number of nitrogens with one attached hydrogen (secondary N) is 1.